The van der Waals surface area contributed by atoms with E-state index in [1.165, 1.54) is 81.4 Å². The second kappa shape index (κ2) is 15.2. The normalized spacial score (nSPS) is 12.6. The molecule has 198 valence electrons. The first-order valence-corrected chi connectivity index (χ1v) is 14.1. The van der Waals surface area contributed by atoms with Crippen LogP contribution in [-0.2, 0) is 10.2 Å². The Kier molecular flexibility index (Phi) is 11.7. The van der Waals surface area contributed by atoms with Gasteiger partial charge in [0.15, 0.2) is 0 Å². The van der Waals surface area contributed by atoms with E-state index in [-0.39, 0.29) is 11.4 Å². The molecule has 3 aromatic rings. The molecule has 3 rings (SSSR count). The third-order valence-electron chi connectivity index (χ3n) is 7.36. The fourth-order valence-electron chi connectivity index (χ4n) is 5.38. The van der Waals surface area contributed by atoms with Crippen LogP contribution in [0.3, 0.4) is 0 Å². The minimum absolute atomic E-state index is 0.303. The number of rotatable bonds is 16. The van der Waals surface area contributed by atoms with Crippen molar-refractivity contribution < 1.29 is 14.3 Å². The maximum atomic E-state index is 11.5. The average molecular weight is 501 g/mol. The fourth-order valence-corrected chi connectivity index (χ4v) is 5.38. The molecule has 37 heavy (non-hydrogen) atoms. The molecule has 0 saturated heterocycles. The van der Waals surface area contributed by atoms with Crippen molar-refractivity contribution in [1.82, 2.24) is 0 Å². The molecule has 3 aromatic carbocycles. The number of ether oxygens (including phenoxy) is 2. The third kappa shape index (κ3) is 8.21. The number of methoxy groups -OCH3 is 1. The number of unbranched alkanes of at least 4 members (excludes halogenated alkanes) is 9. The van der Waals surface area contributed by atoms with Crippen molar-refractivity contribution in [2.45, 2.75) is 89.9 Å². The van der Waals surface area contributed by atoms with E-state index in [9.17, 15) is 4.79 Å². The third-order valence-corrected chi connectivity index (χ3v) is 7.36. The lowest BCUT2D eigenvalue weighted by atomic mass is 9.66. The fraction of sp³-hybridized carbons (Fsp3) is 0.441. The Hall–Kier alpha value is -3.07. The van der Waals surface area contributed by atoms with Crippen molar-refractivity contribution in [1.29, 1.82) is 0 Å². The largest absolute Gasteiger partial charge is 0.497 e. The van der Waals surface area contributed by atoms with Crippen LogP contribution in [0.4, 0.5) is 0 Å². The molecular weight excluding hydrogens is 456 g/mol. The Bertz CT molecular complexity index is 1040. The summed E-state index contributed by atoms with van der Waals surface area (Å²) in [7, 11) is 1.71. The van der Waals surface area contributed by atoms with Crippen LogP contribution in [0, 0.1) is 0 Å². The Morgan fingerprint density at radius 3 is 1.57 bits per heavy atom. The van der Waals surface area contributed by atoms with Crippen LogP contribution >= 0.6 is 0 Å². The summed E-state index contributed by atoms with van der Waals surface area (Å²) >= 11 is 0. The van der Waals surface area contributed by atoms with Gasteiger partial charge in [0.2, 0.25) is 0 Å². The Balaban J connectivity index is 1.84. The summed E-state index contributed by atoms with van der Waals surface area (Å²) in [6, 6.07) is 27.4. The number of esters is 1. The second-order valence-corrected chi connectivity index (χ2v) is 10.0. The predicted octanol–water partition coefficient (Wildman–Crippen LogP) is 9.27. The summed E-state index contributed by atoms with van der Waals surface area (Å²) in [5.74, 6) is 1.13. The Morgan fingerprint density at radius 1 is 0.622 bits per heavy atom. The summed E-state index contributed by atoms with van der Waals surface area (Å²) < 4.78 is 10.8. The molecule has 0 saturated carbocycles. The maximum absolute atomic E-state index is 11.5. The van der Waals surface area contributed by atoms with Crippen molar-refractivity contribution in [2.24, 2.45) is 0 Å². The lowest BCUT2D eigenvalue weighted by Crippen LogP contribution is -2.29. The molecule has 0 spiro atoms. The van der Waals surface area contributed by atoms with Gasteiger partial charge >= 0.3 is 5.97 Å². The molecule has 0 heterocycles. The van der Waals surface area contributed by atoms with Crippen LogP contribution < -0.4 is 9.47 Å². The van der Waals surface area contributed by atoms with Gasteiger partial charge in [-0.25, -0.2) is 0 Å². The maximum Gasteiger partial charge on any atom is 0.308 e. The highest BCUT2D eigenvalue weighted by atomic mass is 16.5. The van der Waals surface area contributed by atoms with Gasteiger partial charge < -0.3 is 9.47 Å². The number of hydrogen-bond acceptors (Lipinski definition) is 3. The van der Waals surface area contributed by atoms with Gasteiger partial charge in [0.25, 0.3) is 0 Å². The number of carbonyl (C=O) groups is 1. The topological polar surface area (TPSA) is 35.5 Å². The molecule has 0 N–H and O–H groups in total. The highest BCUT2D eigenvalue weighted by Crippen LogP contribution is 2.44. The van der Waals surface area contributed by atoms with Crippen LogP contribution in [0.25, 0.3) is 0 Å². The van der Waals surface area contributed by atoms with Gasteiger partial charge in [-0.3, -0.25) is 4.79 Å². The zero-order valence-corrected chi connectivity index (χ0v) is 23.0. The smallest absolute Gasteiger partial charge is 0.308 e. The van der Waals surface area contributed by atoms with Crippen molar-refractivity contribution >= 4 is 5.97 Å². The molecule has 1 atom stereocenters. The van der Waals surface area contributed by atoms with Crippen LogP contribution in [0.2, 0.25) is 0 Å². The van der Waals surface area contributed by atoms with E-state index in [2.05, 4.69) is 73.7 Å². The summed E-state index contributed by atoms with van der Waals surface area (Å²) in [5.41, 5.74) is 3.42. The monoisotopic (exact) mass is 500 g/mol. The number of hydrogen-bond donors (Lipinski definition) is 0. The Morgan fingerprint density at radius 2 is 1.08 bits per heavy atom. The van der Waals surface area contributed by atoms with Crippen molar-refractivity contribution in [3.05, 3.63) is 95.6 Å². The zero-order valence-electron chi connectivity index (χ0n) is 23.0. The molecule has 0 aliphatic rings. The average Bonchev–Trinajstić information content (AvgIpc) is 2.93. The van der Waals surface area contributed by atoms with Gasteiger partial charge in [-0.1, -0.05) is 126 Å². The molecule has 3 heteroatoms. The van der Waals surface area contributed by atoms with Crippen molar-refractivity contribution in [2.75, 3.05) is 7.11 Å². The van der Waals surface area contributed by atoms with E-state index in [4.69, 9.17) is 9.47 Å². The lowest BCUT2D eigenvalue weighted by molar-refractivity contribution is -0.131. The molecule has 0 aliphatic heterocycles. The molecule has 0 fully saturated rings. The van der Waals surface area contributed by atoms with E-state index in [0.717, 1.165) is 18.6 Å². The molecule has 0 aliphatic carbocycles. The van der Waals surface area contributed by atoms with E-state index in [1.807, 2.05) is 12.1 Å². The molecule has 0 bridgehead atoms. The standard InChI is InChI=1S/C34H44O3/c1-4-5-6-7-8-9-10-11-12-16-27-34(29-17-14-13-15-18-29,30-19-23-32(36-3)24-20-30)31-21-25-33(26-22-31)37-28(2)35/h13-15,17-26H,4-12,16,27H2,1-3H3. The minimum atomic E-state index is -0.303. The molecular formula is C34H44O3. The second-order valence-electron chi connectivity index (χ2n) is 10.0. The van der Waals surface area contributed by atoms with Gasteiger partial charge in [-0.2, -0.15) is 0 Å². The summed E-state index contributed by atoms with van der Waals surface area (Å²) in [6.07, 6.45) is 14.1. The summed E-state index contributed by atoms with van der Waals surface area (Å²) in [4.78, 5) is 11.5. The van der Waals surface area contributed by atoms with Gasteiger partial charge in [0.05, 0.1) is 7.11 Å². The number of benzene rings is 3. The van der Waals surface area contributed by atoms with E-state index < -0.39 is 0 Å². The van der Waals surface area contributed by atoms with Gasteiger partial charge in [-0.15, -0.1) is 0 Å². The first kappa shape index (κ1) is 28.5. The Labute approximate surface area is 224 Å². The predicted molar refractivity (Wildman–Crippen MR) is 154 cm³/mol. The van der Waals surface area contributed by atoms with E-state index in [0.29, 0.717) is 5.75 Å². The molecule has 1 unspecified atom stereocenters. The quantitative estimate of drug-likeness (QED) is 0.0851. The van der Waals surface area contributed by atoms with E-state index >= 15 is 0 Å². The molecule has 0 radical (unpaired) electrons. The van der Waals surface area contributed by atoms with Crippen LogP contribution in [0.5, 0.6) is 11.5 Å². The van der Waals surface area contributed by atoms with Crippen molar-refractivity contribution in [3.8, 4) is 11.5 Å². The van der Waals surface area contributed by atoms with Crippen LogP contribution in [0.15, 0.2) is 78.9 Å². The SMILES string of the molecule is CCCCCCCCCCCCC(c1ccccc1)(c1ccc(OC)cc1)c1ccc(OC(C)=O)cc1. The first-order valence-electron chi connectivity index (χ1n) is 14.1. The molecule has 0 amide bonds. The summed E-state index contributed by atoms with van der Waals surface area (Å²) in [5, 5.41) is 0. The first-order chi connectivity index (χ1) is 18.1. The summed E-state index contributed by atoms with van der Waals surface area (Å²) in [6.45, 7) is 3.71. The minimum Gasteiger partial charge on any atom is -0.497 e. The van der Waals surface area contributed by atoms with Crippen LogP contribution in [-0.4, -0.2) is 13.1 Å². The number of carbonyl (C=O) groups excluding carboxylic acids is 1. The van der Waals surface area contributed by atoms with Crippen LogP contribution in [0.1, 0.15) is 101 Å². The zero-order chi connectivity index (χ0) is 26.3. The van der Waals surface area contributed by atoms with Crippen molar-refractivity contribution in [3.63, 3.8) is 0 Å². The van der Waals surface area contributed by atoms with E-state index in [1.54, 1.807) is 7.11 Å². The highest BCUT2D eigenvalue weighted by Gasteiger charge is 2.36. The highest BCUT2D eigenvalue weighted by molar-refractivity contribution is 5.69. The van der Waals surface area contributed by atoms with Gasteiger partial charge in [-0.05, 0) is 47.4 Å². The molecule has 0 aromatic heterocycles. The van der Waals surface area contributed by atoms with Gasteiger partial charge in [0.1, 0.15) is 11.5 Å². The molecule has 3 nitrogen and oxygen atoms in total. The lowest BCUT2D eigenvalue weighted by Gasteiger charge is -2.36. The van der Waals surface area contributed by atoms with Gasteiger partial charge in [0, 0.05) is 12.3 Å².